The van der Waals surface area contributed by atoms with Crippen molar-refractivity contribution in [3.05, 3.63) is 44.4 Å². The summed E-state index contributed by atoms with van der Waals surface area (Å²) in [4.78, 5) is 21.4. The van der Waals surface area contributed by atoms with Crippen molar-refractivity contribution in [2.45, 2.75) is 31.7 Å². The number of nitrogens with zero attached hydrogens (tertiary/aromatic N) is 1. The SMILES string of the molecule is CC([N+](=O)[O-])[C@@](C)(CC=O)c1ccc(Br)cc1. The molecule has 0 aliphatic rings. The molecule has 0 heterocycles. The van der Waals surface area contributed by atoms with Gasteiger partial charge in [-0.1, -0.05) is 28.1 Å². The van der Waals surface area contributed by atoms with Gasteiger partial charge in [0, 0.05) is 22.7 Å². The van der Waals surface area contributed by atoms with Gasteiger partial charge in [-0.25, -0.2) is 0 Å². The number of nitro groups is 1. The van der Waals surface area contributed by atoms with Crippen LogP contribution >= 0.6 is 15.9 Å². The smallest absolute Gasteiger partial charge is 0.220 e. The number of carbonyl (C=O) groups excluding carboxylic acids is 1. The van der Waals surface area contributed by atoms with E-state index in [9.17, 15) is 14.9 Å². The fourth-order valence-corrected chi connectivity index (χ4v) is 2.03. The first-order valence-electron chi connectivity index (χ1n) is 5.25. The fourth-order valence-electron chi connectivity index (χ4n) is 1.77. The monoisotopic (exact) mass is 299 g/mol. The van der Waals surface area contributed by atoms with E-state index < -0.39 is 11.5 Å². The van der Waals surface area contributed by atoms with Crippen molar-refractivity contribution in [2.24, 2.45) is 0 Å². The quantitative estimate of drug-likeness (QED) is 0.477. The lowest BCUT2D eigenvalue weighted by atomic mass is 9.74. The Hall–Kier alpha value is -1.23. The molecule has 0 saturated carbocycles. The Balaban J connectivity index is 3.19. The van der Waals surface area contributed by atoms with Crippen LogP contribution in [0.2, 0.25) is 0 Å². The van der Waals surface area contributed by atoms with E-state index in [1.165, 1.54) is 6.92 Å². The summed E-state index contributed by atoms with van der Waals surface area (Å²) in [5.74, 6) is 0. The van der Waals surface area contributed by atoms with Crippen LogP contribution in [0.1, 0.15) is 25.8 Å². The molecule has 92 valence electrons. The average molecular weight is 300 g/mol. The van der Waals surface area contributed by atoms with Crippen LogP contribution in [0.25, 0.3) is 0 Å². The Kier molecular flexibility index (Phi) is 4.40. The second-order valence-electron chi connectivity index (χ2n) is 4.26. The largest absolute Gasteiger partial charge is 0.303 e. The molecule has 0 aromatic heterocycles. The first-order valence-corrected chi connectivity index (χ1v) is 6.04. The van der Waals surface area contributed by atoms with E-state index in [0.717, 1.165) is 16.3 Å². The van der Waals surface area contributed by atoms with E-state index in [1.54, 1.807) is 6.92 Å². The van der Waals surface area contributed by atoms with Crippen molar-refractivity contribution in [3.63, 3.8) is 0 Å². The summed E-state index contributed by atoms with van der Waals surface area (Å²) in [6, 6.07) is 6.46. The maximum Gasteiger partial charge on any atom is 0.220 e. The first-order chi connectivity index (χ1) is 7.91. The van der Waals surface area contributed by atoms with Crippen LogP contribution in [0.4, 0.5) is 0 Å². The summed E-state index contributed by atoms with van der Waals surface area (Å²) >= 11 is 3.31. The van der Waals surface area contributed by atoms with Gasteiger partial charge in [0.2, 0.25) is 6.04 Å². The molecule has 0 amide bonds. The molecule has 1 unspecified atom stereocenters. The Morgan fingerprint density at radius 3 is 2.41 bits per heavy atom. The highest BCUT2D eigenvalue weighted by atomic mass is 79.9. The number of hydrogen-bond donors (Lipinski definition) is 0. The van der Waals surface area contributed by atoms with Gasteiger partial charge in [-0.3, -0.25) is 10.1 Å². The van der Waals surface area contributed by atoms with Crippen LogP contribution in [0.3, 0.4) is 0 Å². The predicted octanol–water partition coefficient (Wildman–Crippen LogP) is 2.96. The lowest BCUT2D eigenvalue weighted by Gasteiger charge is -2.28. The van der Waals surface area contributed by atoms with Crippen molar-refractivity contribution >= 4 is 22.2 Å². The summed E-state index contributed by atoms with van der Waals surface area (Å²) in [6.45, 7) is 3.28. The van der Waals surface area contributed by atoms with Crippen LogP contribution in [-0.2, 0) is 10.2 Å². The molecule has 0 saturated heterocycles. The number of hydrogen-bond acceptors (Lipinski definition) is 3. The van der Waals surface area contributed by atoms with Crippen LogP contribution in [0, 0.1) is 10.1 Å². The Bertz CT molecular complexity index is 418. The molecule has 0 aliphatic carbocycles. The van der Waals surface area contributed by atoms with Gasteiger partial charge < -0.3 is 4.79 Å². The molecule has 17 heavy (non-hydrogen) atoms. The van der Waals surface area contributed by atoms with Gasteiger partial charge in [0.15, 0.2) is 0 Å². The Morgan fingerprint density at radius 2 is 2.00 bits per heavy atom. The number of aldehydes is 1. The summed E-state index contributed by atoms with van der Waals surface area (Å²) in [5, 5.41) is 10.9. The normalized spacial score (nSPS) is 15.9. The van der Waals surface area contributed by atoms with Gasteiger partial charge in [0.1, 0.15) is 6.29 Å². The number of carbonyl (C=O) groups is 1. The minimum Gasteiger partial charge on any atom is -0.303 e. The third-order valence-corrected chi connectivity index (χ3v) is 3.78. The minimum atomic E-state index is -0.811. The maximum atomic E-state index is 10.9. The van der Waals surface area contributed by atoms with E-state index in [2.05, 4.69) is 15.9 Å². The van der Waals surface area contributed by atoms with Gasteiger partial charge in [-0.05, 0) is 24.6 Å². The van der Waals surface area contributed by atoms with Crippen molar-refractivity contribution in [1.29, 1.82) is 0 Å². The maximum absolute atomic E-state index is 10.9. The topological polar surface area (TPSA) is 60.2 Å². The van der Waals surface area contributed by atoms with E-state index >= 15 is 0 Å². The van der Waals surface area contributed by atoms with Crippen molar-refractivity contribution in [3.8, 4) is 0 Å². The van der Waals surface area contributed by atoms with Crippen LogP contribution < -0.4 is 0 Å². The third-order valence-electron chi connectivity index (χ3n) is 3.25. The zero-order valence-electron chi connectivity index (χ0n) is 9.72. The Morgan fingerprint density at radius 1 is 1.47 bits per heavy atom. The zero-order chi connectivity index (χ0) is 13.1. The molecule has 0 N–H and O–H groups in total. The summed E-state index contributed by atoms with van der Waals surface area (Å²) in [6.07, 6.45) is 0.874. The van der Waals surface area contributed by atoms with Crippen molar-refractivity contribution < 1.29 is 9.72 Å². The average Bonchev–Trinajstić information content (AvgIpc) is 2.28. The lowest BCUT2D eigenvalue weighted by Crippen LogP contribution is -2.40. The van der Waals surface area contributed by atoms with Gasteiger partial charge in [0.05, 0.1) is 5.41 Å². The minimum absolute atomic E-state index is 0.136. The van der Waals surface area contributed by atoms with E-state index in [4.69, 9.17) is 0 Å². The molecule has 5 heteroatoms. The number of halogens is 1. The molecule has 0 radical (unpaired) electrons. The Labute approximate surface area is 108 Å². The molecular formula is C12H14BrNO3. The summed E-state index contributed by atoms with van der Waals surface area (Å²) in [5.41, 5.74) is 0.0309. The summed E-state index contributed by atoms with van der Waals surface area (Å²) < 4.78 is 0.906. The highest BCUT2D eigenvalue weighted by Crippen LogP contribution is 2.32. The fraction of sp³-hybridized carbons (Fsp3) is 0.417. The van der Waals surface area contributed by atoms with Crippen LogP contribution in [0.15, 0.2) is 28.7 Å². The van der Waals surface area contributed by atoms with Gasteiger partial charge >= 0.3 is 0 Å². The van der Waals surface area contributed by atoms with Crippen LogP contribution in [0.5, 0.6) is 0 Å². The van der Waals surface area contributed by atoms with Gasteiger partial charge in [0.25, 0.3) is 0 Å². The highest BCUT2D eigenvalue weighted by molar-refractivity contribution is 9.10. The third kappa shape index (κ3) is 2.91. The van der Waals surface area contributed by atoms with Crippen molar-refractivity contribution in [2.75, 3.05) is 0 Å². The zero-order valence-corrected chi connectivity index (χ0v) is 11.3. The van der Waals surface area contributed by atoms with Crippen LogP contribution in [-0.4, -0.2) is 17.3 Å². The van der Waals surface area contributed by atoms with Gasteiger partial charge in [-0.15, -0.1) is 0 Å². The highest BCUT2D eigenvalue weighted by Gasteiger charge is 2.40. The van der Waals surface area contributed by atoms with E-state index in [0.29, 0.717) is 0 Å². The molecule has 0 spiro atoms. The molecule has 0 bridgehead atoms. The standard InChI is InChI=1S/C12H14BrNO3/c1-9(14(16)17)12(2,7-8-15)10-3-5-11(13)6-4-10/h3-6,8-9H,7H2,1-2H3/t9?,12-/m1/s1. The lowest BCUT2D eigenvalue weighted by molar-refractivity contribution is -0.529. The van der Waals surface area contributed by atoms with Crippen molar-refractivity contribution in [1.82, 2.24) is 0 Å². The van der Waals surface area contributed by atoms with E-state index in [1.807, 2.05) is 24.3 Å². The molecule has 0 aliphatic heterocycles. The molecule has 4 nitrogen and oxygen atoms in total. The molecule has 0 fully saturated rings. The summed E-state index contributed by atoms with van der Waals surface area (Å²) in [7, 11) is 0. The molecular weight excluding hydrogens is 286 g/mol. The number of benzene rings is 1. The second kappa shape index (κ2) is 5.40. The molecule has 1 rings (SSSR count). The molecule has 1 aromatic carbocycles. The first kappa shape index (κ1) is 13.8. The van der Waals surface area contributed by atoms with Gasteiger partial charge in [-0.2, -0.15) is 0 Å². The number of rotatable bonds is 5. The predicted molar refractivity (Wildman–Crippen MR) is 68.6 cm³/mol. The molecule has 1 aromatic rings. The molecule has 2 atom stereocenters. The second-order valence-corrected chi connectivity index (χ2v) is 5.17. The van der Waals surface area contributed by atoms with E-state index in [-0.39, 0.29) is 11.3 Å².